The van der Waals surface area contributed by atoms with Gasteiger partial charge in [0.15, 0.2) is 0 Å². The Hall–Kier alpha value is -3.04. The van der Waals surface area contributed by atoms with Crippen LogP contribution < -0.4 is 19.3 Å². The van der Waals surface area contributed by atoms with Crippen molar-refractivity contribution in [2.75, 3.05) is 0 Å². The number of aromatic nitrogens is 6. The molecule has 10 nitrogen and oxygen atoms in total. The van der Waals surface area contributed by atoms with Crippen molar-refractivity contribution in [3.63, 3.8) is 0 Å². The van der Waals surface area contributed by atoms with Crippen molar-refractivity contribution < 1.29 is 28.9 Å². The maximum atomic E-state index is 8.89. The van der Waals surface area contributed by atoms with Gasteiger partial charge in [0.1, 0.15) is 0 Å². The number of carbonyl (C=O) groups excluding carboxylic acids is 2. The molecule has 0 bridgehead atoms. The number of carbonyl (C=O) groups is 2. The van der Waals surface area contributed by atoms with E-state index in [1.165, 1.54) is 12.7 Å². The molecule has 0 aliphatic carbocycles. The van der Waals surface area contributed by atoms with Crippen LogP contribution in [0.2, 0.25) is 0 Å². The van der Waals surface area contributed by atoms with E-state index in [2.05, 4.69) is 19.9 Å². The van der Waals surface area contributed by atoms with E-state index in [4.69, 9.17) is 19.8 Å². The number of rotatable bonds is 0. The third-order valence-corrected chi connectivity index (χ3v) is 1.26. The molecule has 0 radical (unpaired) electrons. The van der Waals surface area contributed by atoms with Crippen LogP contribution in [0.3, 0.4) is 0 Å². The minimum Gasteiger partial charge on any atom is -0.550 e. The molecule has 10 heteroatoms. The van der Waals surface area contributed by atoms with Gasteiger partial charge in [0.05, 0.1) is 14.1 Å². The standard InChI is InChI=1S/2C4H6N3.2C2H4O2/c2*1-7-3-5-2-6-4-7;2*1-2(3)4/h2*2-4H,1H3;2*1H3,(H,3,4)/q2*+1;;/p-2. The summed E-state index contributed by atoms with van der Waals surface area (Å²) in [5, 5.41) is 17.8. The van der Waals surface area contributed by atoms with E-state index < -0.39 is 11.9 Å². The van der Waals surface area contributed by atoms with Crippen LogP contribution in [0.5, 0.6) is 0 Å². The molecule has 0 aromatic carbocycles. The molecule has 0 spiro atoms. The number of hydrogen-bond acceptors (Lipinski definition) is 8. The van der Waals surface area contributed by atoms with E-state index >= 15 is 0 Å². The average molecular weight is 310 g/mol. The van der Waals surface area contributed by atoms with Crippen molar-refractivity contribution in [1.82, 2.24) is 19.9 Å². The first kappa shape index (κ1) is 21.3. The highest BCUT2D eigenvalue weighted by atomic mass is 16.4. The zero-order chi connectivity index (χ0) is 17.4. The minimum atomic E-state index is -1.08. The van der Waals surface area contributed by atoms with Gasteiger partial charge < -0.3 is 19.8 Å². The zero-order valence-corrected chi connectivity index (χ0v) is 12.8. The quantitative estimate of drug-likeness (QED) is 0.450. The number of nitrogens with zero attached hydrogens (tertiary/aromatic N) is 6. The summed E-state index contributed by atoms with van der Waals surface area (Å²) in [6.45, 7) is 1.94. The van der Waals surface area contributed by atoms with Crippen LogP contribution >= 0.6 is 0 Å². The molecule has 0 fully saturated rings. The summed E-state index contributed by atoms with van der Waals surface area (Å²) in [7, 11) is 3.75. The first-order valence-corrected chi connectivity index (χ1v) is 5.81. The summed E-state index contributed by atoms with van der Waals surface area (Å²) >= 11 is 0. The van der Waals surface area contributed by atoms with Crippen LogP contribution in [-0.2, 0) is 23.7 Å². The summed E-state index contributed by atoms with van der Waals surface area (Å²) in [6.07, 6.45) is 9.75. The van der Waals surface area contributed by atoms with E-state index in [1.54, 1.807) is 34.4 Å². The monoisotopic (exact) mass is 310 g/mol. The molecule has 0 N–H and O–H groups in total. The van der Waals surface area contributed by atoms with Crippen molar-refractivity contribution in [2.24, 2.45) is 14.1 Å². The molecule has 0 saturated heterocycles. The van der Waals surface area contributed by atoms with Gasteiger partial charge in [-0.1, -0.05) is 19.9 Å². The van der Waals surface area contributed by atoms with Gasteiger partial charge in [-0.3, -0.25) is 0 Å². The molecule has 2 heterocycles. The molecule has 0 aliphatic heterocycles. The van der Waals surface area contributed by atoms with Crippen LogP contribution in [0.15, 0.2) is 38.0 Å². The van der Waals surface area contributed by atoms with E-state index in [0.717, 1.165) is 13.8 Å². The topological polar surface area (TPSA) is 140 Å². The fraction of sp³-hybridized carbons (Fsp3) is 0.333. The van der Waals surface area contributed by atoms with Gasteiger partial charge in [-0.25, -0.2) is 9.13 Å². The van der Waals surface area contributed by atoms with Crippen molar-refractivity contribution >= 4 is 11.9 Å². The number of carboxylic acids is 2. The third-order valence-electron chi connectivity index (χ3n) is 1.26. The smallest absolute Gasteiger partial charge is 0.263 e. The molecular formula is C12H18N6O4. The number of aryl methyl sites for hydroxylation is 2. The van der Waals surface area contributed by atoms with E-state index in [0.29, 0.717) is 0 Å². The van der Waals surface area contributed by atoms with E-state index in [-0.39, 0.29) is 0 Å². The Bertz CT molecular complexity index is 466. The van der Waals surface area contributed by atoms with Crippen molar-refractivity contribution in [1.29, 1.82) is 0 Å². The molecule has 2 aromatic rings. The Kier molecular flexibility index (Phi) is 13.9. The van der Waals surface area contributed by atoms with Gasteiger partial charge in [0.25, 0.3) is 12.7 Å². The SMILES string of the molecule is CC(=O)[O-].CC(=O)[O-].C[n+]1cncnc1.C[n+]1cncnc1. The van der Waals surface area contributed by atoms with Gasteiger partial charge in [-0.05, 0) is 13.8 Å². The highest BCUT2D eigenvalue weighted by Gasteiger charge is 1.81. The maximum absolute atomic E-state index is 8.89. The Morgan fingerprint density at radius 3 is 1.00 bits per heavy atom. The lowest BCUT2D eigenvalue weighted by Crippen LogP contribution is -2.27. The predicted octanol–water partition coefficient (Wildman–Crippen LogP) is -3.89. The van der Waals surface area contributed by atoms with Crippen LogP contribution in [0.25, 0.3) is 0 Å². The highest BCUT2D eigenvalue weighted by Crippen LogP contribution is 1.55. The second kappa shape index (κ2) is 14.4. The van der Waals surface area contributed by atoms with E-state index in [1.807, 2.05) is 14.1 Å². The van der Waals surface area contributed by atoms with Gasteiger partial charge in [0, 0.05) is 11.9 Å². The van der Waals surface area contributed by atoms with E-state index in [9.17, 15) is 0 Å². The lowest BCUT2D eigenvalue weighted by atomic mass is 10.9. The van der Waals surface area contributed by atoms with Gasteiger partial charge >= 0.3 is 0 Å². The van der Waals surface area contributed by atoms with Crippen molar-refractivity contribution in [3.05, 3.63) is 38.0 Å². The molecule has 120 valence electrons. The van der Waals surface area contributed by atoms with Gasteiger partial charge in [-0.15, -0.1) is 0 Å². The van der Waals surface area contributed by atoms with Crippen molar-refractivity contribution in [2.45, 2.75) is 13.8 Å². The molecule has 0 saturated carbocycles. The zero-order valence-electron chi connectivity index (χ0n) is 12.8. The molecular weight excluding hydrogens is 292 g/mol. The Labute approximate surface area is 127 Å². The van der Waals surface area contributed by atoms with Crippen LogP contribution in [0, 0.1) is 0 Å². The molecule has 0 amide bonds. The van der Waals surface area contributed by atoms with Gasteiger partial charge in [0.2, 0.25) is 25.3 Å². The number of hydrogen-bond donors (Lipinski definition) is 0. The summed E-state index contributed by atoms with van der Waals surface area (Å²) in [5.41, 5.74) is 0. The first-order valence-electron chi connectivity index (χ1n) is 5.81. The van der Waals surface area contributed by atoms with Crippen LogP contribution in [0.4, 0.5) is 0 Å². The predicted molar refractivity (Wildman–Crippen MR) is 67.8 cm³/mol. The largest absolute Gasteiger partial charge is 0.550 e. The second-order valence-corrected chi connectivity index (χ2v) is 3.60. The highest BCUT2D eigenvalue weighted by molar-refractivity contribution is 5.60. The van der Waals surface area contributed by atoms with Crippen molar-refractivity contribution in [3.8, 4) is 0 Å². The fourth-order valence-electron chi connectivity index (χ4n) is 0.676. The lowest BCUT2D eigenvalue weighted by Gasteiger charge is -1.77. The Morgan fingerprint density at radius 1 is 0.727 bits per heavy atom. The maximum Gasteiger partial charge on any atom is 0.263 e. The minimum absolute atomic E-state index is 0.972. The molecule has 0 aliphatic rings. The number of carboxylic acid groups (broad SMARTS) is 2. The summed E-state index contributed by atoms with van der Waals surface area (Å²) in [5.74, 6) is -2.17. The number of aliphatic carboxylic acids is 2. The molecule has 2 rings (SSSR count). The molecule has 2 aromatic heterocycles. The fourth-order valence-corrected chi connectivity index (χ4v) is 0.676. The second-order valence-electron chi connectivity index (χ2n) is 3.60. The summed E-state index contributed by atoms with van der Waals surface area (Å²) in [6, 6.07) is 0. The molecule has 0 unspecified atom stereocenters. The first-order chi connectivity index (χ1) is 10.3. The summed E-state index contributed by atoms with van der Waals surface area (Å²) in [4.78, 5) is 32.7. The Morgan fingerprint density at radius 2 is 0.909 bits per heavy atom. The van der Waals surface area contributed by atoms with Crippen LogP contribution in [-0.4, -0.2) is 31.9 Å². The molecule has 22 heavy (non-hydrogen) atoms. The molecule has 0 atom stereocenters. The summed E-state index contributed by atoms with van der Waals surface area (Å²) < 4.78 is 3.56. The average Bonchev–Trinajstić information content (AvgIpc) is 2.40. The van der Waals surface area contributed by atoms with Crippen LogP contribution in [0.1, 0.15) is 13.8 Å². The Balaban J connectivity index is 0. The van der Waals surface area contributed by atoms with Gasteiger partial charge in [-0.2, -0.15) is 0 Å². The lowest BCUT2D eigenvalue weighted by molar-refractivity contribution is -0.677. The normalized spacial score (nSPS) is 7.82. The third kappa shape index (κ3) is 25.7.